The van der Waals surface area contributed by atoms with Crippen LogP contribution in [0.4, 0.5) is 23.4 Å². The molecule has 2 saturated heterocycles. The van der Waals surface area contributed by atoms with Gasteiger partial charge in [0.2, 0.25) is 5.91 Å². The number of aryl methyl sites for hydroxylation is 1. The van der Waals surface area contributed by atoms with Gasteiger partial charge in [0.25, 0.3) is 0 Å². The Morgan fingerprint density at radius 2 is 1.71 bits per heavy atom. The number of ether oxygens (including phenoxy) is 3. The molecule has 0 radical (unpaired) electrons. The number of alkyl halides is 3. The third kappa shape index (κ3) is 6.40. The van der Waals surface area contributed by atoms with Gasteiger partial charge in [0.05, 0.1) is 48.0 Å². The zero-order valence-electron chi connectivity index (χ0n) is 23.3. The van der Waals surface area contributed by atoms with E-state index in [1.807, 2.05) is 30.3 Å². The Labute approximate surface area is 240 Å². The lowest BCUT2D eigenvalue weighted by Gasteiger charge is -2.38. The number of nitrogens with zero attached hydrogens (tertiary/aromatic N) is 2. The number of anilines is 1. The normalized spacial score (nSPS) is 18.0. The lowest BCUT2D eigenvalue weighted by atomic mass is 9.82. The fourth-order valence-corrected chi connectivity index (χ4v) is 5.47. The number of aromatic nitrogens is 2. The molecule has 0 saturated carbocycles. The van der Waals surface area contributed by atoms with E-state index in [4.69, 9.17) is 14.2 Å². The summed E-state index contributed by atoms with van der Waals surface area (Å²) in [4.78, 5) is 22.6. The van der Waals surface area contributed by atoms with E-state index in [-0.39, 0.29) is 23.7 Å². The Kier molecular flexibility index (Phi) is 8.76. The van der Waals surface area contributed by atoms with Gasteiger partial charge in [-0.2, -0.15) is 13.2 Å². The fraction of sp³-hybridized carbons (Fsp3) is 0.433. The quantitative estimate of drug-likeness (QED) is 0.335. The average Bonchev–Trinajstić information content (AvgIpc) is 3.47. The zero-order chi connectivity index (χ0) is 29.9. The first-order valence-corrected chi connectivity index (χ1v) is 13.7. The molecular formula is C30H32F4N4O4. The number of nitrogens with one attached hydrogen (secondary N) is 2. The molecule has 0 bridgehead atoms. The summed E-state index contributed by atoms with van der Waals surface area (Å²) in [5.74, 6) is -1.16. The van der Waals surface area contributed by atoms with Gasteiger partial charge in [-0.05, 0) is 38.3 Å². The molecule has 1 unspecified atom stereocenters. The van der Waals surface area contributed by atoms with Crippen molar-refractivity contribution in [2.24, 2.45) is 0 Å². The number of hydrogen-bond acceptors (Lipinski definition) is 7. The van der Waals surface area contributed by atoms with E-state index >= 15 is 0 Å². The zero-order valence-corrected chi connectivity index (χ0v) is 23.3. The minimum absolute atomic E-state index is 0.141. The lowest BCUT2D eigenvalue weighted by Crippen LogP contribution is -2.50. The third-order valence-electron chi connectivity index (χ3n) is 7.53. The van der Waals surface area contributed by atoms with Crippen LogP contribution in [0.2, 0.25) is 0 Å². The van der Waals surface area contributed by atoms with Crippen molar-refractivity contribution < 1.29 is 36.6 Å². The summed E-state index contributed by atoms with van der Waals surface area (Å²) in [6, 6.07) is 11.9. The predicted octanol–water partition coefficient (Wildman–Crippen LogP) is 5.53. The van der Waals surface area contributed by atoms with Gasteiger partial charge in [0.15, 0.2) is 6.29 Å². The van der Waals surface area contributed by atoms with Gasteiger partial charge in [-0.25, -0.2) is 14.4 Å². The number of amides is 1. The number of halogens is 4. The maximum Gasteiger partial charge on any atom is 0.419 e. The van der Waals surface area contributed by atoms with Crippen molar-refractivity contribution in [2.75, 3.05) is 31.7 Å². The smallest absolute Gasteiger partial charge is 0.381 e. The topological polar surface area (TPSA) is 94.6 Å². The van der Waals surface area contributed by atoms with Crippen LogP contribution in [0.15, 0.2) is 48.5 Å². The van der Waals surface area contributed by atoms with E-state index in [9.17, 15) is 22.4 Å². The Hall–Kier alpha value is -3.61. The summed E-state index contributed by atoms with van der Waals surface area (Å²) in [6.07, 6.45) is -4.71. The summed E-state index contributed by atoms with van der Waals surface area (Å²) >= 11 is 0. The second-order valence-corrected chi connectivity index (χ2v) is 10.4. The van der Waals surface area contributed by atoms with E-state index in [2.05, 4.69) is 20.6 Å². The molecular weight excluding hydrogens is 556 g/mol. The van der Waals surface area contributed by atoms with E-state index in [0.29, 0.717) is 62.4 Å². The largest absolute Gasteiger partial charge is 0.419 e. The predicted molar refractivity (Wildman–Crippen MR) is 145 cm³/mol. The highest BCUT2D eigenvalue weighted by molar-refractivity contribution is 5.80. The number of rotatable bonds is 8. The van der Waals surface area contributed by atoms with Crippen LogP contribution < -0.4 is 10.6 Å². The summed E-state index contributed by atoms with van der Waals surface area (Å²) in [7, 11) is 0. The van der Waals surface area contributed by atoms with E-state index in [1.54, 1.807) is 6.92 Å². The van der Waals surface area contributed by atoms with E-state index in [1.165, 1.54) is 13.0 Å². The molecule has 42 heavy (non-hydrogen) atoms. The SMILES string of the molecule is Cc1nc(CC(=O)NC2(c3ccccc3)CCOCC2)c(C2OCCO2)c(NC(C)c2cccc(C(F)(F)F)c2F)n1. The van der Waals surface area contributed by atoms with Crippen molar-refractivity contribution in [3.05, 3.63) is 88.1 Å². The van der Waals surface area contributed by atoms with Gasteiger partial charge in [-0.1, -0.05) is 42.5 Å². The van der Waals surface area contributed by atoms with Crippen molar-refractivity contribution in [1.29, 1.82) is 0 Å². The van der Waals surface area contributed by atoms with Gasteiger partial charge >= 0.3 is 6.18 Å². The molecule has 1 aromatic heterocycles. The molecule has 12 heteroatoms. The minimum atomic E-state index is -4.84. The van der Waals surface area contributed by atoms with Gasteiger partial charge in [0, 0.05) is 18.8 Å². The van der Waals surface area contributed by atoms with Gasteiger partial charge in [0.1, 0.15) is 17.5 Å². The summed E-state index contributed by atoms with van der Waals surface area (Å²) < 4.78 is 72.1. The summed E-state index contributed by atoms with van der Waals surface area (Å²) in [5.41, 5.74) is -0.510. The Bertz CT molecular complexity index is 1410. The second-order valence-electron chi connectivity index (χ2n) is 10.4. The van der Waals surface area contributed by atoms with E-state index < -0.39 is 35.4 Å². The molecule has 3 heterocycles. The van der Waals surface area contributed by atoms with Crippen molar-refractivity contribution in [1.82, 2.24) is 15.3 Å². The average molecular weight is 589 g/mol. The van der Waals surface area contributed by atoms with Crippen LogP contribution >= 0.6 is 0 Å². The van der Waals surface area contributed by atoms with E-state index in [0.717, 1.165) is 11.6 Å². The number of carbonyl (C=O) groups is 1. The standard InChI is InChI=1S/C30H32F4N4O4/c1-18(21-9-6-10-22(26(21)31)30(32,33)34)35-27-25(28-41-15-16-42-28)23(36-19(2)37-27)17-24(39)38-29(11-13-40-14-12-29)20-7-4-3-5-8-20/h3-10,18,28H,11-17H2,1-2H3,(H,38,39)(H,35,36,37). The van der Waals surface area contributed by atoms with Crippen LogP contribution in [-0.4, -0.2) is 42.3 Å². The number of hydrogen-bond donors (Lipinski definition) is 2. The van der Waals surface area contributed by atoms with Gasteiger partial charge < -0.3 is 24.8 Å². The molecule has 2 aliphatic rings. The molecule has 3 aromatic rings. The van der Waals surface area contributed by atoms with Crippen molar-refractivity contribution >= 4 is 11.7 Å². The first-order chi connectivity index (χ1) is 20.1. The Balaban J connectivity index is 1.46. The molecule has 2 aliphatic heterocycles. The molecule has 2 aromatic carbocycles. The molecule has 2 N–H and O–H groups in total. The first kappa shape index (κ1) is 29.9. The van der Waals surface area contributed by atoms with Gasteiger partial charge in [-0.15, -0.1) is 0 Å². The fourth-order valence-electron chi connectivity index (χ4n) is 5.47. The molecule has 1 amide bonds. The molecule has 224 valence electrons. The first-order valence-electron chi connectivity index (χ1n) is 13.7. The van der Waals surface area contributed by atoms with Crippen molar-refractivity contribution in [3.63, 3.8) is 0 Å². The van der Waals surface area contributed by atoms with Crippen LogP contribution in [0.5, 0.6) is 0 Å². The number of benzene rings is 2. The summed E-state index contributed by atoms with van der Waals surface area (Å²) in [5, 5.41) is 6.24. The molecule has 0 spiro atoms. The molecule has 5 rings (SSSR count). The molecule has 8 nitrogen and oxygen atoms in total. The highest BCUT2D eigenvalue weighted by atomic mass is 19.4. The minimum Gasteiger partial charge on any atom is -0.381 e. The van der Waals surface area contributed by atoms with Crippen LogP contribution in [-0.2, 0) is 37.1 Å². The van der Waals surface area contributed by atoms with Gasteiger partial charge in [-0.3, -0.25) is 4.79 Å². The molecule has 1 atom stereocenters. The number of carbonyl (C=O) groups excluding carboxylic acids is 1. The van der Waals surface area contributed by atoms with Crippen LogP contribution in [0.3, 0.4) is 0 Å². The molecule has 0 aliphatic carbocycles. The maximum atomic E-state index is 14.9. The lowest BCUT2D eigenvalue weighted by molar-refractivity contribution is -0.140. The maximum absolute atomic E-state index is 14.9. The Morgan fingerprint density at radius 3 is 2.38 bits per heavy atom. The highest BCUT2D eigenvalue weighted by Gasteiger charge is 2.38. The van der Waals surface area contributed by atoms with Crippen LogP contribution in [0.25, 0.3) is 0 Å². The highest BCUT2D eigenvalue weighted by Crippen LogP contribution is 2.37. The Morgan fingerprint density at radius 1 is 1.02 bits per heavy atom. The second kappa shape index (κ2) is 12.3. The third-order valence-corrected chi connectivity index (χ3v) is 7.53. The van der Waals surface area contributed by atoms with Crippen LogP contribution in [0.1, 0.15) is 65.9 Å². The van der Waals surface area contributed by atoms with Crippen molar-refractivity contribution in [2.45, 2.75) is 57.2 Å². The van der Waals surface area contributed by atoms with Crippen LogP contribution in [0, 0.1) is 12.7 Å². The monoisotopic (exact) mass is 588 g/mol. The van der Waals surface area contributed by atoms with Crippen molar-refractivity contribution in [3.8, 4) is 0 Å². The molecule has 2 fully saturated rings. The summed E-state index contributed by atoms with van der Waals surface area (Å²) in [6.45, 7) is 4.73.